The van der Waals surface area contributed by atoms with Crippen LogP contribution >= 0.6 is 0 Å². The van der Waals surface area contributed by atoms with Gasteiger partial charge in [0.2, 0.25) is 0 Å². The zero-order chi connectivity index (χ0) is 11.2. The van der Waals surface area contributed by atoms with E-state index in [4.69, 9.17) is 0 Å². The van der Waals surface area contributed by atoms with Crippen molar-refractivity contribution < 1.29 is 24.0 Å². The third-order valence-electron chi connectivity index (χ3n) is 2.00. The van der Waals surface area contributed by atoms with Gasteiger partial charge in [0, 0.05) is 0 Å². The first-order chi connectivity index (χ1) is 6.96. The molecule has 2 heterocycles. The molecule has 2 saturated heterocycles. The van der Waals surface area contributed by atoms with Gasteiger partial charge in [0.25, 0.3) is 23.3 Å². The van der Waals surface area contributed by atoms with E-state index in [0.717, 1.165) is 0 Å². The highest BCUT2D eigenvalue weighted by Crippen LogP contribution is 2.13. The number of carbonyl (C=O) groups excluding carboxylic acids is 5. The van der Waals surface area contributed by atoms with Gasteiger partial charge in [-0.2, -0.15) is 0 Å². The summed E-state index contributed by atoms with van der Waals surface area (Å²) in [5, 5.41) is 7.01. The summed E-state index contributed by atoms with van der Waals surface area (Å²) in [4.78, 5) is 55.4. The summed E-state index contributed by atoms with van der Waals surface area (Å²) in [7, 11) is 0. The van der Waals surface area contributed by atoms with Crippen LogP contribution in [0.3, 0.4) is 0 Å². The maximum atomic E-state index is 11.3. The number of rotatable bonds is 0. The number of nitrogens with one attached hydrogen (secondary N) is 4. The lowest BCUT2D eigenvalue weighted by Crippen LogP contribution is -2.73. The van der Waals surface area contributed by atoms with Crippen molar-refractivity contribution in [1.29, 1.82) is 0 Å². The Morgan fingerprint density at radius 3 is 1.40 bits per heavy atom. The van der Waals surface area contributed by atoms with Gasteiger partial charge < -0.3 is 5.32 Å². The van der Waals surface area contributed by atoms with Crippen molar-refractivity contribution in [2.45, 2.75) is 5.54 Å². The van der Waals surface area contributed by atoms with E-state index in [1.165, 1.54) is 0 Å². The molecule has 0 aromatic rings. The number of amides is 7. The third-order valence-corrected chi connectivity index (χ3v) is 2.00. The molecule has 2 aliphatic rings. The van der Waals surface area contributed by atoms with Crippen molar-refractivity contribution in [3.8, 4) is 0 Å². The first-order valence-corrected chi connectivity index (χ1v) is 3.77. The lowest BCUT2D eigenvalue weighted by atomic mass is 9.96. The maximum absolute atomic E-state index is 11.3. The average Bonchev–Trinajstić information content (AvgIpc) is 2.39. The van der Waals surface area contributed by atoms with Gasteiger partial charge in [0.15, 0.2) is 0 Å². The van der Waals surface area contributed by atoms with Crippen LogP contribution in [0.1, 0.15) is 0 Å². The van der Waals surface area contributed by atoms with Crippen molar-refractivity contribution >= 4 is 29.8 Å². The van der Waals surface area contributed by atoms with Crippen molar-refractivity contribution in [2.24, 2.45) is 0 Å². The van der Waals surface area contributed by atoms with Crippen molar-refractivity contribution in [3.63, 3.8) is 0 Å². The molecule has 0 aromatic carbocycles. The molecule has 78 valence electrons. The molecule has 2 fully saturated rings. The first kappa shape index (κ1) is 9.12. The number of hydrogen-bond acceptors (Lipinski definition) is 5. The Labute approximate surface area is 81.6 Å². The second kappa shape index (κ2) is 2.53. The Morgan fingerprint density at radius 1 is 0.667 bits per heavy atom. The number of hydrogen-bond donors (Lipinski definition) is 4. The van der Waals surface area contributed by atoms with Crippen LogP contribution in [0.4, 0.5) is 9.59 Å². The van der Waals surface area contributed by atoms with Gasteiger partial charge in [-0.1, -0.05) is 0 Å². The van der Waals surface area contributed by atoms with E-state index in [1.807, 2.05) is 5.32 Å². The van der Waals surface area contributed by atoms with Crippen LogP contribution in [0.5, 0.6) is 0 Å². The molecular formula is C6H4N4O5. The van der Waals surface area contributed by atoms with E-state index < -0.39 is 35.3 Å². The van der Waals surface area contributed by atoms with Crippen LogP contribution in [-0.2, 0) is 14.4 Å². The standard InChI is InChI=1S/C6H4N4O5/c11-1-6(2(12)8-4(14)7-1)3(13)9-5(15)10-6/h(H2,9,10,13,15)(H2,7,8,11,12,14). The van der Waals surface area contributed by atoms with Crippen molar-refractivity contribution in [1.82, 2.24) is 21.3 Å². The van der Waals surface area contributed by atoms with Crippen LogP contribution < -0.4 is 21.3 Å². The third kappa shape index (κ3) is 0.994. The highest BCUT2D eigenvalue weighted by molar-refractivity contribution is 6.39. The minimum atomic E-state index is -2.37. The average molecular weight is 212 g/mol. The molecule has 15 heavy (non-hydrogen) atoms. The Hall–Kier alpha value is -2.45. The molecule has 0 radical (unpaired) electrons. The van der Waals surface area contributed by atoms with E-state index in [-0.39, 0.29) is 0 Å². The Balaban J connectivity index is 2.46. The minimum absolute atomic E-state index is 0.973. The van der Waals surface area contributed by atoms with Gasteiger partial charge in [0.1, 0.15) is 0 Å². The van der Waals surface area contributed by atoms with Gasteiger partial charge in [-0.3, -0.25) is 30.3 Å². The number of barbiturate groups is 1. The summed E-state index contributed by atoms with van der Waals surface area (Å²) in [5.41, 5.74) is -2.37. The van der Waals surface area contributed by atoms with E-state index >= 15 is 0 Å². The normalized spacial score (nSPS) is 23.3. The van der Waals surface area contributed by atoms with Crippen LogP contribution in [0.2, 0.25) is 0 Å². The fourth-order valence-corrected chi connectivity index (χ4v) is 1.30. The summed E-state index contributed by atoms with van der Waals surface area (Å²) in [5.74, 6) is -3.48. The van der Waals surface area contributed by atoms with Gasteiger partial charge >= 0.3 is 12.1 Å². The maximum Gasteiger partial charge on any atom is 0.328 e. The molecule has 0 atom stereocenters. The lowest BCUT2D eigenvalue weighted by molar-refractivity contribution is -0.144. The molecule has 2 rings (SSSR count). The summed E-state index contributed by atoms with van der Waals surface area (Å²) >= 11 is 0. The number of urea groups is 2. The molecule has 0 aromatic heterocycles. The molecule has 9 nitrogen and oxygen atoms in total. The van der Waals surface area contributed by atoms with Gasteiger partial charge in [0.05, 0.1) is 0 Å². The lowest BCUT2D eigenvalue weighted by Gasteiger charge is -2.26. The van der Waals surface area contributed by atoms with Crippen LogP contribution in [0.25, 0.3) is 0 Å². The van der Waals surface area contributed by atoms with Gasteiger partial charge in [-0.25, -0.2) is 9.59 Å². The summed E-state index contributed by atoms with van der Waals surface area (Å²) in [6, 6.07) is -2.01. The zero-order valence-corrected chi connectivity index (χ0v) is 7.04. The van der Waals surface area contributed by atoms with Crippen LogP contribution in [0.15, 0.2) is 0 Å². The molecular weight excluding hydrogens is 208 g/mol. The predicted molar refractivity (Wildman–Crippen MR) is 41.1 cm³/mol. The van der Waals surface area contributed by atoms with Crippen LogP contribution in [0, 0.1) is 0 Å². The van der Waals surface area contributed by atoms with Gasteiger partial charge in [-0.05, 0) is 0 Å². The smallest absolute Gasteiger partial charge is 0.308 e. The van der Waals surface area contributed by atoms with Crippen molar-refractivity contribution in [3.05, 3.63) is 0 Å². The molecule has 0 bridgehead atoms. The zero-order valence-electron chi connectivity index (χ0n) is 7.04. The van der Waals surface area contributed by atoms with Gasteiger partial charge in [-0.15, -0.1) is 0 Å². The highest BCUT2D eigenvalue weighted by Gasteiger charge is 2.61. The van der Waals surface area contributed by atoms with Crippen molar-refractivity contribution in [2.75, 3.05) is 0 Å². The molecule has 0 unspecified atom stereocenters. The second-order valence-electron chi connectivity index (χ2n) is 2.90. The highest BCUT2D eigenvalue weighted by atomic mass is 16.2. The Bertz CT molecular complexity index is 407. The fourth-order valence-electron chi connectivity index (χ4n) is 1.30. The molecule has 2 aliphatic heterocycles. The Kier molecular flexibility index (Phi) is 1.54. The fraction of sp³-hybridized carbons (Fsp3) is 0.167. The topological polar surface area (TPSA) is 133 Å². The Morgan fingerprint density at radius 2 is 1.07 bits per heavy atom. The van der Waals surface area contributed by atoms with E-state index in [9.17, 15) is 24.0 Å². The van der Waals surface area contributed by atoms with E-state index in [1.54, 1.807) is 16.0 Å². The number of imide groups is 3. The summed E-state index contributed by atoms with van der Waals surface area (Å²) < 4.78 is 0. The molecule has 4 N–H and O–H groups in total. The predicted octanol–water partition coefficient (Wildman–Crippen LogP) is -3.07. The molecule has 0 aliphatic carbocycles. The molecule has 1 spiro atoms. The molecule has 7 amide bonds. The quantitative estimate of drug-likeness (QED) is 0.250. The minimum Gasteiger partial charge on any atom is -0.308 e. The molecule has 0 saturated carbocycles. The second-order valence-corrected chi connectivity index (χ2v) is 2.90. The molecule has 9 heteroatoms. The summed E-state index contributed by atoms with van der Waals surface area (Å²) in [6.07, 6.45) is 0. The first-order valence-electron chi connectivity index (χ1n) is 3.77. The summed E-state index contributed by atoms with van der Waals surface area (Å²) in [6.45, 7) is 0. The van der Waals surface area contributed by atoms with Crippen LogP contribution in [-0.4, -0.2) is 35.3 Å². The monoisotopic (exact) mass is 212 g/mol. The largest absolute Gasteiger partial charge is 0.328 e. The van der Waals surface area contributed by atoms with E-state index in [2.05, 4.69) is 0 Å². The number of carbonyl (C=O) groups is 5. The SMILES string of the molecule is O=C1NC(=O)C2(NC(=O)NC2=O)C(=O)N1. The van der Waals surface area contributed by atoms with E-state index in [0.29, 0.717) is 0 Å².